The third kappa shape index (κ3) is 9.94. The Kier molecular flexibility index (Phi) is 58.1. The van der Waals surface area contributed by atoms with Crippen molar-refractivity contribution in [1.29, 1.82) is 0 Å². The molecule has 0 spiro atoms. The molecule has 0 saturated heterocycles. The zero-order chi connectivity index (χ0) is 4.00. The fourth-order valence-corrected chi connectivity index (χ4v) is 0. The summed E-state index contributed by atoms with van der Waals surface area (Å²) in [5, 5.41) is 0. The molecule has 0 aliphatic rings. The Morgan fingerprint density at radius 1 is 1.50 bits per heavy atom. The Morgan fingerprint density at radius 2 is 1.50 bits per heavy atom. The SMILES string of the molecule is [CH3][SbH2].[O]=[Sn]. The van der Waals surface area contributed by atoms with Crippen LogP contribution in [0, 0.1) is 0 Å². The predicted molar refractivity (Wildman–Crippen MR) is 20.8 cm³/mol. The number of hydrogen-bond donors (Lipinski definition) is 0. The molecule has 0 heterocycles. The van der Waals surface area contributed by atoms with E-state index in [2.05, 4.69) is 4.87 Å². The van der Waals surface area contributed by atoms with Crippen molar-refractivity contribution in [2.75, 3.05) is 0 Å². The molecule has 0 bridgehead atoms. The van der Waals surface area contributed by atoms with Crippen molar-refractivity contribution in [2.24, 2.45) is 0 Å². The molecule has 3 heteroatoms. The second kappa shape index (κ2) is 25.7. The Balaban J connectivity index is 0. The van der Waals surface area contributed by atoms with Crippen LogP contribution >= 0.6 is 0 Å². The van der Waals surface area contributed by atoms with Crippen LogP contribution in [0.1, 0.15) is 0 Å². The summed E-state index contributed by atoms with van der Waals surface area (Å²) in [5.74, 6) is 0. The van der Waals surface area contributed by atoms with E-state index >= 15 is 0 Å². The van der Waals surface area contributed by atoms with Gasteiger partial charge in [0.25, 0.3) is 0 Å². The number of rotatable bonds is 0. The van der Waals surface area contributed by atoms with Gasteiger partial charge in [-0.3, -0.25) is 0 Å². The summed E-state index contributed by atoms with van der Waals surface area (Å²) in [4.78, 5) is 2.13. The van der Waals surface area contributed by atoms with Crippen LogP contribution in [0.5, 0.6) is 0 Å². The molecular weight excluding hydrogens is 268 g/mol. The molecule has 1 nitrogen and oxygen atoms in total. The van der Waals surface area contributed by atoms with E-state index < -0.39 is 0 Å². The Morgan fingerprint density at radius 3 is 1.50 bits per heavy atom. The number of hydrogen-bond acceptors (Lipinski definition) is 1. The summed E-state index contributed by atoms with van der Waals surface area (Å²) in [5.41, 5.74) is 0. The van der Waals surface area contributed by atoms with Crippen molar-refractivity contribution >= 4 is 45.5 Å². The molecule has 0 aliphatic carbocycles. The van der Waals surface area contributed by atoms with Crippen molar-refractivity contribution in [1.82, 2.24) is 0 Å². The van der Waals surface area contributed by atoms with Gasteiger partial charge in [0.1, 0.15) is 0 Å². The average Bonchev–Trinajstić information content (AvgIpc) is 1.50. The Labute approximate surface area is 53.1 Å². The van der Waals surface area contributed by atoms with Gasteiger partial charge in [-0.1, -0.05) is 0 Å². The van der Waals surface area contributed by atoms with E-state index in [-0.39, 0.29) is 0 Å². The van der Waals surface area contributed by atoms with Crippen LogP contribution in [0.15, 0.2) is 0 Å². The van der Waals surface area contributed by atoms with Crippen molar-refractivity contribution < 1.29 is 3.08 Å². The van der Waals surface area contributed by atoms with Gasteiger partial charge < -0.3 is 0 Å². The third-order valence-electron chi connectivity index (χ3n) is 0. The first kappa shape index (κ1) is 9.05. The molecule has 0 aromatic rings. The molecule has 0 N–H and O–H groups in total. The van der Waals surface area contributed by atoms with E-state index in [0.29, 0.717) is 22.5 Å². The normalized spacial score (nSPS) is 2.50. The average molecular weight is 274 g/mol. The van der Waals surface area contributed by atoms with E-state index in [1.165, 1.54) is 23.0 Å². The maximum atomic E-state index is 8.34. The van der Waals surface area contributed by atoms with E-state index in [0.717, 1.165) is 0 Å². The summed E-state index contributed by atoms with van der Waals surface area (Å²) in [6, 6.07) is 0. The van der Waals surface area contributed by atoms with Gasteiger partial charge in [-0.2, -0.15) is 0 Å². The molecule has 0 aliphatic heterocycles. The molecule has 24 valence electrons. The fourth-order valence-electron chi connectivity index (χ4n) is 0. The monoisotopic (exact) mass is 274 g/mol. The van der Waals surface area contributed by atoms with E-state index in [9.17, 15) is 0 Å². The first-order chi connectivity index (χ1) is 2.00. The van der Waals surface area contributed by atoms with Crippen LogP contribution in [0.2, 0.25) is 4.87 Å². The summed E-state index contributed by atoms with van der Waals surface area (Å²) >= 11 is 1.65. The molecule has 0 saturated carbocycles. The quantitative estimate of drug-likeness (QED) is 0.527. The van der Waals surface area contributed by atoms with Crippen LogP contribution in [0.3, 0.4) is 0 Å². The van der Waals surface area contributed by atoms with Crippen molar-refractivity contribution in [3.63, 3.8) is 0 Å². The van der Waals surface area contributed by atoms with Gasteiger partial charge in [0.15, 0.2) is 0 Å². The second-order valence-electron chi connectivity index (χ2n) is 0. The van der Waals surface area contributed by atoms with Gasteiger partial charge in [0.05, 0.1) is 0 Å². The van der Waals surface area contributed by atoms with Gasteiger partial charge in [0, 0.05) is 0 Å². The molecule has 0 unspecified atom stereocenters. The molecule has 0 rings (SSSR count). The van der Waals surface area contributed by atoms with Gasteiger partial charge in [0.2, 0.25) is 0 Å². The third-order valence-corrected chi connectivity index (χ3v) is 0. The maximum absolute atomic E-state index is 8.34. The van der Waals surface area contributed by atoms with Crippen molar-refractivity contribution in [3.8, 4) is 0 Å². The zero-order valence-corrected chi connectivity index (χ0v) is 8.64. The topological polar surface area (TPSA) is 17.1 Å². The molecule has 0 aromatic carbocycles. The summed E-state index contributed by atoms with van der Waals surface area (Å²) < 4.78 is 8.34. The standard InChI is InChI=1S/CH3.O.Sb.Sn.2H/h1H3;;;;;. The van der Waals surface area contributed by atoms with Crippen LogP contribution in [0.25, 0.3) is 0 Å². The van der Waals surface area contributed by atoms with E-state index in [4.69, 9.17) is 3.08 Å². The van der Waals surface area contributed by atoms with Crippen LogP contribution in [0.4, 0.5) is 0 Å². The summed E-state index contributed by atoms with van der Waals surface area (Å²) in [7, 11) is 0. The first-order valence-corrected chi connectivity index (χ1v) is 5.24. The van der Waals surface area contributed by atoms with Gasteiger partial charge in [-0.25, -0.2) is 0 Å². The van der Waals surface area contributed by atoms with E-state index in [1.54, 1.807) is 0 Å². The fraction of sp³-hybridized carbons (Fsp3) is 1.00. The van der Waals surface area contributed by atoms with Crippen LogP contribution in [-0.4, -0.2) is 45.5 Å². The Bertz CT molecular complexity index is 8.00. The minimum absolute atomic E-state index is 0.300. The molecular formula is CH5OSbSn. The summed E-state index contributed by atoms with van der Waals surface area (Å²) in [6.45, 7) is 0. The molecule has 4 heavy (non-hydrogen) atoms. The molecule has 0 atom stereocenters. The molecule has 0 amide bonds. The van der Waals surface area contributed by atoms with Gasteiger partial charge >= 0.3 is 53.5 Å². The van der Waals surface area contributed by atoms with Crippen molar-refractivity contribution in [2.45, 2.75) is 4.87 Å². The Hall–Kier alpha value is 1.42. The second-order valence-corrected chi connectivity index (χ2v) is 0. The first-order valence-electron chi connectivity index (χ1n) is 0.781. The van der Waals surface area contributed by atoms with Crippen LogP contribution < -0.4 is 0 Å². The molecule has 2 radical (unpaired) electrons. The molecule has 0 aromatic heterocycles. The van der Waals surface area contributed by atoms with Gasteiger partial charge in [-0.05, 0) is 0 Å². The summed E-state index contributed by atoms with van der Waals surface area (Å²) in [6.07, 6.45) is 0. The minimum atomic E-state index is 0.300. The van der Waals surface area contributed by atoms with E-state index in [1.807, 2.05) is 0 Å². The van der Waals surface area contributed by atoms with Gasteiger partial charge in [-0.15, -0.1) is 0 Å². The predicted octanol–water partition coefficient (Wildman–Crippen LogP) is -0.832. The van der Waals surface area contributed by atoms with Crippen molar-refractivity contribution in [3.05, 3.63) is 0 Å². The van der Waals surface area contributed by atoms with Crippen LogP contribution in [-0.2, 0) is 3.08 Å². The molecule has 0 fully saturated rings. The zero-order valence-electron chi connectivity index (χ0n) is 2.49.